The molecule has 8 heteroatoms. The van der Waals surface area contributed by atoms with Crippen LogP contribution in [0.5, 0.6) is 11.5 Å². The molecule has 4 rings (SSSR count). The number of aliphatic hydroxyl groups is 1. The second-order valence-electron chi connectivity index (χ2n) is 7.52. The Morgan fingerprint density at radius 1 is 1.03 bits per heavy atom. The van der Waals surface area contributed by atoms with E-state index in [0.717, 1.165) is 28.5 Å². The van der Waals surface area contributed by atoms with E-state index < -0.39 is 5.97 Å². The van der Waals surface area contributed by atoms with Gasteiger partial charge in [-0.25, -0.2) is 14.8 Å². The zero-order chi connectivity index (χ0) is 23.9. The number of aliphatic hydroxyl groups excluding tert-OH is 1. The van der Waals surface area contributed by atoms with Crippen LogP contribution < -0.4 is 14.8 Å². The predicted molar refractivity (Wildman–Crippen MR) is 130 cm³/mol. The van der Waals surface area contributed by atoms with Crippen molar-refractivity contribution in [2.24, 2.45) is 0 Å². The number of nitrogens with one attached hydrogen (secondary N) is 1. The third-order valence-electron chi connectivity index (χ3n) is 5.42. The molecule has 0 unspecified atom stereocenters. The molecular weight excluding hydrogens is 434 g/mol. The first-order chi connectivity index (χ1) is 16.6. The van der Waals surface area contributed by atoms with Gasteiger partial charge in [0.15, 0.2) is 0 Å². The van der Waals surface area contributed by atoms with Gasteiger partial charge in [0.2, 0.25) is 0 Å². The Kier molecular flexibility index (Phi) is 7.19. The lowest BCUT2D eigenvalue weighted by atomic mass is 10.0. The molecule has 3 aromatic carbocycles. The Morgan fingerprint density at radius 2 is 1.88 bits per heavy atom. The van der Waals surface area contributed by atoms with Crippen molar-refractivity contribution >= 4 is 22.6 Å². The Balaban J connectivity index is 1.52. The summed E-state index contributed by atoms with van der Waals surface area (Å²) in [6, 6.07) is 18.8. The van der Waals surface area contributed by atoms with Crippen LogP contribution in [-0.2, 0) is 6.42 Å². The van der Waals surface area contributed by atoms with E-state index in [1.54, 1.807) is 25.3 Å². The number of hydrogen-bond donors (Lipinski definition) is 3. The number of hydrogen-bond acceptors (Lipinski definition) is 7. The van der Waals surface area contributed by atoms with Crippen molar-refractivity contribution in [3.8, 4) is 22.8 Å². The molecule has 0 aliphatic rings. The lowest BCUT2D eigenvalue weighted by molar-refractivity contribution is 0.0691. The van der Waals surface area contributed by atoms with E-state index >= 15 is 0 Å². The molecule has 8 nitrogen and oxygen atoms in total. The van der Waals surface area contributed by atoms with Gasteiger partial charge in [0.05, 0.1) is 19.4 Å². The van der Waals surface area contributed by atoms with Crippen LogP contribution >= 0.6 is 0 Å². The number of nitrogens with zero attached hydrogens (tertiary/aromatic N) is 2. The van der Waals surface area contributed by atoms with Gasteiger partial charge in [-0.1, -0.05) is 36.4 Å². The normalized spacial score (nSPS) is 10.8. The highest BCUT2D eigenvalue weighted by Crippen LogP contribution is 2.29. The Labute approximate surface area is 196 Å². The Hall–Kier alpha value is -4.17. The number of aromatic nitrogens is 2. The number of aromatic carboxylic acids is 1. The standard InChI is InChI=1S/C26H25N3O5/c1-33-23-9-7-17-4-2-3-5-19(17)20(23)10-11-27-25-15-22(28-16-29-25)18-6-8-21(26(31)32)24(14-18)34-13-12-30/h2-9,14-16,30H,10-13H2,1H3,(H,31,32)(H,27,28,29). The Morgan fingerprint density at radius 3 is 2.68 bits per heavy atom. The molecule has 1 aromatic heterocycles. The number of fused-ring (bicyclic) bond motifs is 1. The molecule has 0 aliphatic carbocycles. The third-order valence-corrected chi connectivity index (χ3v) is 5.42. The van der Waals surface area contributed by atoms with Gasteiger partial charge in [-0.15, -0.1) is 0 Å². The van der Waals surface area contributed by atoms with E-state index in [0.29, 0.717) is 23.6 Å². The van der Waals surface area contributed by atoms with Crippen LogP contribution in [0.15, 0.2) is 67.0 Å². The largest absolute Gasteiger partial charge is 0.496 e. The number of carboxylic acid groups (broad SMARTS) is 1. The van der Waals surface area contributed by atoms with E-state index in [-0.39, 0.29) is 24.5 Å². The first-order valence-corrected chi connectivity index (χ1v) is 10.8. The molecule has 3 N–H and O–H groups in total. The lowest BCUT2D eigenvalue weighted by Gasteiger charge is -2.13. The predicted octanol–water partition coefficient (Wildman–Crippen LogP) is 4.03. The highest BCUT2D eigenvalue weighted by molar-refractivity contribution is 5.92. The average molecular weight is 460 g/mol. The number of methoxy groups -OCH3 is 1. The zero-order valence-corrected chi connectivity index (χ0v) is 18.7. The second kappa shape index (κ2) is 10.6. The van der Waals surface area contributed by atoms with E-state index in [1.807, 2.05) is 18.2 Å². The molecule has 34 heavy (non-hydrogen) atoms. The molecule has 0 saturated carbocycles. The van der Waals surface area contributed by atoms with Gasteiger partial charge in [0, 0.05) is 23.7 Å². The van der Waals surface area contributed by atoms with E-state index in [2.05, 4.69) is 33.5 Å². The average Bonchev–Trinajstić information content (AvgIpc) is 2.87. The summed E-state index contributed by atoms with van der Waals surface area (Å²) >= 11 is 0. The smallest absolute Gasteiger partial charge is 0.339 e. The maximum Gasteiger partial charge on any atom is 0.339 e. The van der Waals surface area contributed by atoms with Crippen molar-refractivity contribution < 1.29 is 24.5 Å². The van der Waals surface area contributed by atoms with Crippen LogP contribution in [0.3, 0.4) is 0 Å². The maximum atomic E-state index is 11.5. The fourth-order valence-corrected chi connectivity index (χ4v) is 3.83. The van der Waals surface area contributed by atoms with Gasteiger partial charge in [-0.3, -0.25) is 0 Å². The van der Waals surface area contributed by atoms with Crippen molar-refractivity contribution in [1.82, 2.24) is 9.97 Å². The lowest BCUT2D eigenvalue weighted by Crippen LogP contribution is -2.08. The van der Waals surface area contributed by atoms with E-state index in [4.69, 9.17) is 14.6 Å². The van der Waals surface area contributed by atoms with Gasteiger partial charge in [-0.05, 0) is 35.4 Å². The van der Waals surface area contributed by atoms with Crippen molar-refractivity contribution in [2.75, 3.05) is 32.2 Å². The first-order valence-electron chi connectivity index (χ1n) is 10.8. The monoisotopic (exact) mass is 459 g/mol. The molecule has 0 fully saturated rings. The molecule has 174 valence electrons. The summed E-state index contributed by atoms with van der Waals surface area (Å²) in [5, 5.41) is 24.1. The highest BCUT2D eigenvalue weighted by atomic mass is 16.5. The van der Waals surface area contributed by atoms with Gasteiger partial charge >= 0.3 is 5.97 Å². The number of rotatable bonds is 10. The number of carboxylic acids is 1. The minimum absolute atomic E-state index is 0.00204. The summed E-state index contributed by atoms with van der Waals surface area (Å²) in [6.07, 6.45) is 2.19. The van der Waals surface area contributed by atoms with Gasteiger partial charge in [-0.2, -0.15) is 0 Å². The van der Waals surface area contributed by atoms with E-state index in [1.165, 1.54) is 12.4 Å². The molecule has 0 amide bonds. The highest BCUT2D eigenvalue weighted by Gasteiger charge is 2.14. The first kappa shape index (κ1) is 23.0. The minimum Gasteiger partial charge on any atom is -0.496 e. The number of ether oxygens (including phenoxy) is 2. The summed E-state index contributed by atoms with van der Waals surface area (Å²) in [4.78, 5) is 20.1. The van der Waals surface area contributed by atoms with Crippen molar-refractivity contribution in [2.45, 2.75) is 6.42 Å². The van der Waals surface area contributed by atoms with Crippen LogP contribution in [0.2, 0.25) is 0 Å². The summed E-state index contributed by atoms with van der Waals surface area (Å²) < 4.78 is 11.0. The van der Waals surface area contributed by atoms with Gasteiger partial charge < -0.3 is 25.0 Å². The third kappa shape index (κ3) is 5.07. The van der Waals surface area contributed by atoms with Crippen molar-refractivity contribution in [3.63, 3.8) is 0 Å². The van der Waals surface area contributed by atoms with E-state index in [9.17, 15) is 9.90 Å². The second-order valence-corrected chi connectivity index (χ2v) is 7.52. The fraction of sp³-hybridized carbons (Fsp3) is 0.192. The minimum atomic E-state index is -1.10. The molecule has 0 radical (unpaired) electrons. The summed E-state index contributed by atoms with van der Waals surface area (Å²) in [5.74, 6) is 0.561. The van der Waals surface area contributed by atoms with Crippen LogP contribution in [0, 0.1) is 0 Å². The molecule has 0 aliphatic heterocycles. The van der Waals surface area contributed by atoms with Crippen LogP contribution in [0.25, 0.3) is 22.0 Å². The maximum absolute atomic E-state index is 11.5. The van der Waals surface area contributed by atoms with Crippen LogP contribution in [-0.4, -0.2) is 53.0 Å². The topological polar surface area (TPSA) is 114 Å². The zero-order valence-electron chi connectivity index (χ0n) is 18.7. The van der Waals surface area contributed by atoms with Crippen LogP contribution in [0.1, 0.15) is 15.9 Å². The van der Waals surface area contributed by atoms with Crippen molar-refractivity contribution in [1.29, 1.82) is 0 Å². The molecule has 1 heterocycles. The fourth-order valence-electron chi connectivity index (χ4n) is 3.83. The number of carbonyl (C=O) groups is 1. The molecular formula is C26H25N3O5. The van der Waals surface area contributed by atoms with Crippen LogP contribution in [0.4, 0.5) is 5.82 Å². The number of anilines is 1. The molecule has 0 spiro atoms. The molecule has 0 atom stereocenters. The summed E-state index contributed by atoms with van der Waals surface area (Å²) in [5.41, 5.74) is 2.44. The Bertz CT molecular complexity index is 1310. The van der Waals surface area contributed by atoms with Crippen molar-refractivity contribution in [3.05, 3.63) is 78.1 Å². The van der Waals surface area contributed by atoms with Gasteiger partial charge in [0.25, 0.3) is 0 Å². The molecule has 0 saturated heterocycles. The van der Waals surface area contributed by atoms with Gasteiger partial charge in [0.1, 0.15) is 35.8 Å². The SMILES string of the molecule is COc1ccc2ccccc2c1CCNc1cc(-c2ccc(C(=O)O)c(OCCO)c2)ncn1. The molecule has 4 aromatic rings. The number of benzene rings is 3. The molecule has 0 bridgehead atoms. The summed E-state index contributed by atoms with van der Waals surface area (Å²) in [6.45, 7) is 0.411. The summed E-state index contributed by atoms with van der Waals surface area (Å²) in [7, 11) is 1.67. The quantitative estimate of drug-likeness (QED) is 0.326.